The third kappa shape index (κ3) is 1.70. The molecule has 1 aromatic carbocycles. The number of hydrogen-bond acceptors (Lipinski definition) is 4. The summed E-state index contributed by atoms with van der Waals surface area (Å²) in [4.78, 5) is 36.3. The fraction of sp³-hybridized carbons (Fsp3) is 0.0714. The van der Waals surface area contributed by atoms with Crippen LogP contribution in [-0.4, -0.2) is 27.8 Å². The third-order valence-corrected chi connectivity index (χ3v) is 3.18. The molecular weight excluding hydrogens is 262 g/mol. The zero-order valence-electron chi connectivity index (χ0n) is 10.2. The van der Waals surface area contributed by atoms with Crippen LogP contribution in [0.3, 0.4) is 0 Å². The Kier molecular flexibility index (Phi) is 2.64. The Morgan fingerprint density at radius 1 is 1.10 bits per heavy atom. The van der Waals surface area contributed by atoms with Gasteiger partial charge >= 0.3 is 5.97 Å². The van der Waals surface area contributed by atoms with Gasteiger partial charge in [0.1, 0.15) is 11.8 Å². The average Bonchev–Trinajstić information content (AvgIpc) is 2.99. The lowest BCUT2D eigenvalue weighted by Crippen LogP contribution is -2.29. The lowest BCUT2D eigenvalue weighted by atomic mass is 10.1. The lowest BCUT2D eigenvalue weighted by molar-refractivity contribution is 0.0628. The van der Waals surface area contributed by atoms with Crippen LogP contribution < -0.4 is 0 Å². The molecule has 6 nitrogen and oxygen atoms in total. The van der Waals surface area contributed by atoms with Gasteiger partial charge in [0.2, 0.25) is 0 Å². The predicted octanol–water partition coefficient (Wildman–Crippen LogP) is 1.77. The van der Waals surface area contributed by atoms with Gasteiger partial charge in [-0.05, 0) is 12.1 Å². The SMILES string of the molecule is O=C(O)c1cocc1CN1C(=O)c2ccccc2C1=O. The first-order chi connectivity index (χ1) is 9.59. The quantitative estimate of drug-likeness (QED) is 0.859. The predicted molar refractivity (Wildman–Crippen MR) is 66.3 cm³/mol. The van der Waals surface area contributed by atoms with Crippen molar-refractivity contribution < 1.29 is 23.9 Å². The summed E-state index contributed by atoms with van der Waals surface area (Å²) in [6.45, 7) is -0.121. The largest absolute Gasteiger partial charge is 0.478 e. The molecule has 0 aliphatic carbocycles. The maximum Gasteiger partial charge on any atom is 0.339 e. The van der Waals surface area contributed by atoms with E-state index in [9.17, 15) is 14.4 Å². The van der Waals surface area contributed by atoms with Gasteiger partial charge in [-0.25, -0.2) is 4.79 Å². The van der Waals surface area contributed by atoms with Gasteiger partial charge in [-0.2, -0.15) is 0 Å². The standard InChI is InChI=1S/C14H9NO5/c16-12-9-3-1-2-4-10(9)13(17)15(12)5-8-6-20-7-11(8)14(18)19/h1-4,6-7H,5H2,(H,18,19). The summed E-state index contributed by atoms with van der Waals surface area (Å²) in [5.41, 5.74) is 0.893. The van der Waals surface area contributed by atoms with Crippen LogP contribution >= 0.6 is 0 Å². The molecule has 1 aliphatic rings. The maximum absolute atomic E-state index is 12.1. The zero-order chi connectivity index (χ0) is 14.3. The fourth-order valence-corrected chi connectivity index (χ4v) is 2.19. The molecule has 0 fully saturated rings. The summed E-state index contributed by atoms with van der Waals surface area (Å²) in [6.07, 6.45) is 2.31. The Hall–Kier alpha value is -2.89. The van der Waals surface area contributed by atoms with E-state index in [1.807, 2.05) is 0 Å². The highest BCUT2D eigenvalue weighted by atomic mass is 16.4. The van der Waals surface area contributed by atoms with Gasteiger partial charge in [0, 0.05) is 5.56 Å². The Bertz CT molecular complexity index is 696. The molecule has 100 valence electrons. The number of carboxylic acid groups (broad SMARTS) is 1. The lowest BCUT2D eigenvalue weighted by Gasteiger charge is -2.12. The normalized spacial score (nSPS) is 13.7. The van der Waals surface area contributed by atoms with Gasteiger partial charge in [-0.3, -0.25) is 14.5 Å². The van der Waals surface area contributed by atoms with Gasteiger partial charge in [0.15, 0.2) is 0 Å². The minimum Gasteiger partial charge on any atom is -0.478 e. The van der Waals surface area contributed by atoms with Crippen LogP contribution in [0, 0.1) is 0 Å². The molecule has 0 radical (unpaired) electrons. The highest BCUT2D eigenvalue weighted by molar-refractivity contribution is 6.21. The van der Waals surface area contributed by atoms with E-state index >= 15 is 0 Å². The van der Waals surface area contributed by atoms with Gasteiger partial charge in [0.05, 0.1) is 23.9 Å². The van der Waals surface area contributed by atoms with Crippen LogP contribution in [-0.2, 0) is 6.54 Å². The van der Waals surface area contributed by atoms with Crippen molar-refractivity contribution in [3.8, 4) is 0 Å². The molecule has 0 unspecified atom stereocenters. The molecule has 2 amide bonds. The molecule has 0 atom stereocenters. The minimum absolute atomic E-state index is 0.0541. The molecule has 20 heavy (non-hydrogen) atoms. The van der Waals surface area contributed by atoms with E-state index in [0.29, 0.717) is 11.1 Å². The number of furan rings is 1. The number of benzene rings is 1. The van der Waals surface area contributed by atoms with Crippen molar-refractivity contribution in [1.29, 1.82) is 0 Å². The first kappa shape index (κ1) is 12.2. The number of amides is 2. The van der Waals surface area contributed by atoms with E-state index in [1.165, 1.54) is 6.26 Å². The number of imide groups is 1. The zero-order valence-corrected chi connectivity index (χ0v) is 10.2. The van der Waals surface area contributed by atoms with E-state index in [1.54, 1.807) is 24.3 Å². The molecule has 1 N–H and O–H groups in total. The Morgan fingerprint density at radius 2 is 1.70 bits per heavy atom. The molecule has 2 heterocycles. The summed E-state index contributed by atoms with van der Waals surface area (Å²) >= 11 is 0. The van der Waals surface area contributed by atoms with Crippen molar-refractivity contribution in [3.63, 3.8) is 0 Å². The highest BCUT2D eigenvalue weighted by Crippen LogP contribution is 2.25. The number of carbonyl (C=O) groups is 3. The van der Waals surface area contributed by atoms with Crippen LogP contribution in [0.2, 0.25) is 0 Å². The van der Waals surface area contributed by atoms with E-state index in [0.717, 1.165) is 11.2 Å². The minimum atomic E-state index is -1.16. The van der Waals surface area contributed by atoms with Crippen LogP contribution in [0.5, 0.6) is 0 Å². The second-order valence-electron chi connectivity index (χ2n) is 4.36. The van der Waals surface area contributed by atoms with Crippen molar-refractivity contribution in [3.05, 3.63) is 59.0 Å². The number of rotatable bonds is 3. The van der Waals surface area contributed by atoms with Crippen molar-refractivity contribution in [1.82, 2.24) is 4.90 Å². The number of fused-ring (bicyclic) bond motifs is 1. The van der Waals surface area contributed by atoms with E-state index in [2.05, 4.69) is 0 Å². The molecule has 1 aliphatic heterocycles. The van der Waals surface area contributed by atoms with Crippen molar-refractivity contribution in [2.75, 3.05) is 0 Å². The first-order valence-corrected chi connectivity index (χ1v) is 5.83. The van der Waals surface area contributed by atoms with Crippen molar-refractivity contribution >= 4 is 17.8 Å². The first-order valence-electron chi connectivity index (χ1n) is 5.83. The molecule has 2 aromatic rings. The van der Waals surface area contributed by atoms with E-state index in [4.69, 9.17) is 9.52 Å². The fourth-order valence-electron chi connectivity index (χ4n) is 2.19. The number of carboxylic acids is 1. The molecule has 0 saturated carbocycles. The van der Waals surface area contributed by atoms with Crippen LogP contribution in [0.15, 0.2) is 41.2 Å². The van der Waals surface area contributed by atoms with Crippen LogP contribution in [0.4, 0.5) is 0 Å². The topological polar surface area (TPSA) is 87.8 Å². The van der Waals surface area contributed by atoms with Gasteiger partial charge in [0.25, 0.3) is 11.8 Å². The van der Waals surface area contributed by atoms with E-state index in [-0.39, 0.29) is 17.7 Å². The number of hydrogen-bond donors (Lipinski definition) is 1. The molecular formula is C14H9NO5. The highest BCUT2D eigenvalue weighted by Gasteiger charge is 2.35. The van der Waals surface area contributed by atoms with Gasteiger partial charge in [-0.1, -0.05) is 12.1 Å². The second kappa shape index (κ2) is 4.34. The molecule has 1 aromatic heterocycles. The number of nitrogens with zero attached hydrogens (tertiary/aromatic N) is 1. The summed E-state index contributed by atoms with van der Waals surface area (Å²) in [7, 11) is 0. The Balaban J connectivity index is 1.94. The Labute approximate surface area is 113 Å². The molecule has 6 heteroatoms. The van der Waals surface area contributed by atoms with E-state index < -0.39 is 17.8 Å². The summed E-state index contributed by atoms with van der Waals surface area (Å²) in [5, 5.41) is 8.99. The third-order valence-electron chi connectivity index (χ3n) is 3.18. The van der Waals surface area contributed by atoms with Crippen LogP contribution in [0.1, 0.15) is 36.6 Å². The monoisotopic (exact) mass is 271 g/mol. The van der Waals surface area contributed by atoms with Gasteiger partial charge < -0.3 is 9.52 Å². The smallest absolute Gasteiger partial charge is 0.339 e. The maximum atomic E-state index is 12.1. The Morgan fingerprint density at radius 3 is 2.25 bits per heavy atom. The molecule has 0 saturated heterocycles. The average molecular weight is 271 g/mol. The molecule has 0 bridgehead atoms. The summed E-state index contributed by atoms with van der Waals surface area (Å²) in [5.74, 6) is -2.02. The van der Waals surface area contributed by atoms with Crippen molar-refractivity contribution in [2.24, 2.45) is 0 Å². The van der Waals surface area contributed by atoms with Crippen LogP contribution in [0.25, 0.3) is 0 Å². The number of carbonyl (C=O) groups excluding carboxylic acids is 2. The summed E-state index contributed by atoms with van der Waals surface area (Å²) < 4.78 is 4.83. The van der Waals surface area contributed by atoms with Gasteiger partial charge in [-0.15, -0.1) is 0 Å². The van der Waals surface area contributed by atoms with Crippen molar-refractivity contribution in [2.45, 2.75) is 6.54 Å². The molecule has 3 rings (SSSR count). The second-order valence-corrected chi connectivity index (χ2v) is 4.36. The summed E-state index contributed by atoms with van der Waals surface area (Å²) in [6, 6.07) is 6.49. The molecule has 0 spiro atoms. The number of aromatic carboxylic acids is 1.